The second-order valence-electron chi connectivity index (χ2n) is 5.64. The number of hydrogen-bond acceptors (Lipinski definition) is 4. The molecule has 1 saturated carbocycles. The number of ether oxygens (including phenoxy) is 1. The third kappa shape index (κ3) is 5.09. The number of hydrogen-bond donors (Lipinski definition) is 1. The number of rotatable bonds is 6. The molecule has 19 heavy (non-hydrogen) atoms. The zero-order chi connectivity index (χ0) is 13.5. The van der Waals surface area contributed by atoms with Gasteiger partial charge in [-0.2, -0.15) is 0 Å². The van der Waals surface area contributed by atoms with Crippen molar-refractivity contribution in [1.29, 1.82) is 0 Å². The van der Waals surface area contributed by atoms with Gasteiger partial charge in [-0.15, -0.1) is 0 Å². The van der Waals surface area contributed by atoms with Crippen LogP contribution in [0, 0.1) is 0 Å². The molecule has 0 aromatic rings. The first kappa shape index (κ1) is 14.8. The Morgan fingerprint density at radius 1 is 1.21 bits per heavy atom. The summed E-state index contributed by atoms with van der Waals surface area (Å²) in [6.07, 6.45) is 5.50. The van der Waals surface area contributed by atoms with Crippen LogP contribution in [-0.4, -0.2) is 74.7 Å². The van der Waals surface area contributed by atoms with Gasteiger partial charge in [0.05, 0.1) is 19.3 Å². The Balaban J connectivity index is 1.49. The van der Waals surface area contributed by atoms with E-state index in [9.17, 15) is 4.79 Å². The van der Waals surface area contributed by atoms with Gasteiger partial charge in [0.15, 0.2) is 0 Å². The minimum atomic E-state index is 0.217. The minimum Gasteiger partial charge on any atom is -0.377 e. The normalized spacial score (nSPS) is 22.1. The highest BCUT2D eigenvalue weighted by Crippen LogP contribution is 2.20. The van der Waals surface area contributed by atoms with Crippen LogP contribution in [0.4, 0.5) is 0 Å². The van der Waals surface area contributed by atoms with Gasteiger partial charge in [0.25, 0.3) is 0 Å². The molecule has 2 rings (SSSR count). The van der Waals surface area contributed by atoms with E-state index in [4.69, 9.17) is 4.74 Å². The highest BCUT2D eigenvalue weighted by molar-refractivity contribution is 5.78. The van der Waals surface area contributed by atoms with Crippen molar-refractivity contribution in [2.45, 2.75) is 31.8 Å². The summed E-state index contributed by atoms with van der Waals surface area (Å²) >= 11 is 0. The van der Waals surface area contributed by atoms with Gasteiger partial charge in [0, 0.05) is 32.7 Å². The van der Waals surface area contributed by atoms with Crippen molar-refractivity contribution in [3.05, 3.63) is 0 Å². The van der Waals surface area contributed by atoms with Crippen molar-refractivity contribution >= 4 is 5.91 Å². The standard InChI is InChI=1S/C14H27N3O2/c1-16-7-9-17(10-8-16)14(18)12-15-6-11-19-13-4-2-3-5-13/h13,15H,2-12H2,1H3. The van der Waals surface area contributed by atoms with Gasteiger partial charge >= 0.3 is 0 Å². The number of carbonyl (C=O) groups excluding carboxylic acids is 1. The van der Waals surface area contributed by atoms with Crippen molar-refractivity contribution in [3.8, 4) is 0 Å². The van der Waals surface area contributed by atoms with Gasteiger partial charge in [0.1, 0.15) is 0 Å². The Labute approximate surface area is 116 Å². The van der Waals surface area contributed by atoms with Crippen LogP contribution in [-0.2, 0) is 9.53 Å². The van der Waals surface area contributed by atoms with Crippen molar-refractivity contribution in [3.63, 3.8) is 0 Å². The van der Waals surface area contributed by atoms with E-state index >= 15 is 0 Å². The summed E-state index contributed by atoms with van der Waals surface area (Å²) in [5.74, 6) is 0.217. The van der Waals surface area contributed by atoms with Gasteiger partial charge < -0.3 is 19.9 Å². The molecule has 1 aliphatic heterocycles. The molecule has 1 amide bonds. The number of likely N-dealkylation sites (N-methyl/N-ethyl adjacent to an activating group) is 1. The van der Waals surface area contributed by atoms with E-state index in [2.05, 4.69) is 17.3 Å². The number of carbonyl (C=O) groups is 1. The van der Waals surface area contributed by atoms with Gasteiger partial charge in [-0.1, -0.05) is 12.8 Å². The van der Waals surface area contributed by atoms with E-state index in [0.717, 1.165) is 39.3 Å². The van der Waals surface area contributed by atoms with Crippen molar-refractivity contribution in [2.24, 2.45) is 0 Å². The summed E-state index contributed by atoms with van der Waals surface area (Å²) in [7, 11) is 2.10. The molecule has 0 unspecified atom stereocenters. The van der Waals surface area contributed by atoms with Crippen LogP contribution in [0.1, 0.15) is 25.7 Å². The van der Waals surface area contributed by atoms with Crippen molar-refractivity contribution in [2.75, 3.05) is 52.9 Å². The first-order valence-corrected chi connectivity index (χ1v) is 7.54. The zero-order valence-electron chi connectivity index (χ0n) is 12.1. The fraction of sp³-hybridized carbons (Fsp3) is 0.929. The maximum absolute atomic E-state index is 11.9. The average Bonchev–Trinajstić information content (AvgIpc) is 2.92. The largest absolute Gasteiger partial charge is 0.377 e. The van der Waals surface area contributed by atoms with E-state index in [-0.39, 0.29) is 5.91 Å². The lowest BCUT2D eigenvalue weighted by atomic mass is 10.3. The Hall–Kier alpha value is -0.650. The molecule has 0 radical (unpaired) electrons. The predicted molar refractivity (Wildman–Crippen MR) is 75.2 cm³/mol. The van der Waals surface area contributed by atoms with E-state index in [1.807, 2.05) is 4.90 Å². The second-order valence-corrected chi connectivity index (χ2v) is 5.64. The van der Waals surface area contributed by atoms with Crippen LogP contribution in [0.5, 0.6) is 0 Å². The second kappa shape index (κ2) is 7.82. The molecular formula is C14H27N3O2. The lowest BCUT2D eigenvalue weighted by Crippen LogP contribution is -2.49. The highest BCUT2D eigenvalue weighted by atomic mass is 16.5. The Kier molecular flexibility index (Phi) is 6.07. The van der Waals surface area contributed by atoms with Gasteiger partial charge in [0.2, 0.25) is 5.91 Å². The van der Waals surface area contributed by atoms with Gasteiger partial charge in [-0.3, -0.25) is 4.79 Å². The number of nitrogens with one attached hydrogen (secondary N) is 1. The summed E-state index contributed by atoms with van der Waals surface area (Å²) in [4.78, 5) is 16.1. The number of nitrogens with zero attached hydrogens (tertiary/aromatic N) is 2. The third-order valence-corrected chi connectivity index (χ3v) is 4.07. The number of piperazine rings is 1. The monoisotopic (exact) mass is 269 g/mol. The highest BCUT2D eigenvalue weighted by Gasteiger charge is 2.18. The molecule has 5 nitrogen and oxygen atoms in total. The van der Waals surface area contributed by atoms with Crippen LogP contribution >= 0.6 is 0 Å². The van der Waals surface area contributed by atoms with Crippen LogP contribution in [0.25, 0.3) is 0 Å². The van der Waals surface area contributed by atoms with E-state index in [1.165, 1.54) is 25.7 Å². The topological polar surface area (TPSA) is 44.8 Å². The Morgan fingerprint density at radius 3 is 2.58 bits per heavy atom. The van der Waals surface area contributed by atoms with Crippen LogP contribution in [0.15, 0.2) is 0 Å². The van der Waals surface area contributed by atoms with E-state index in [1.54, 1.807) is 0 Å². The summed E-state index contributed by atoms with van der Waals surface area (Å²) in [6.45, 7) is 5.62. The SMILES string of the molecule is CN1CCN(C(=O)CNCCOC2CCCC2)CC1. The molecule has 0 aromatic carbocycles. The summed E-state index contributed by atoms with van der Waals surface area (Å²) in [5.41, 5.74) is 0. The predicted octanol–water partition coefficient (Wildman–Crippen LogP) is 0.309. The maximum atomic E-state index is 11.9. The Morgan fingerprint density at radius 2 is 1.89 bits per heavy atom. The third-order valence-electron chi connectivity index (χ3n) is 4.07. The molecular weight excluding hydrogens is 242 g/mol. The smallest absolute Gasteiger partial charge is 0.236 e. The van der Waals surface area contributed by atoms with Crippen LogP contribution in [0.3, 0.4) is 0 Å². The quantitative estimate of drug-likeness (QED) is 0.705. The molecule has 1 saturated heterocycles. The maximum Gasteiger partial charge on any atom is 0.236 e. The van der Waals surface area contributed by atoms with Crippen molar-refractivity contribution in [1.82, 2.24) is 15.1 Å². The average molecular weight is 269 g/mol. The Bertz CT molecular complexity index is 272. The molecule has 1 aliphatic carbocycles. The molecule has 2 aliphatic rings. The van der Waals surface area contributed by atoms with Crippen LogP contribution < -0.4 is 5.32 Å². The fourth-order valence-electron chi connectivity index (χ4n) is 2.72. The van der Waals surface area contributed by atoms with Crippen molar-refractivity contribution < 1.29 is 9.53 Å². The molecule has 0 spiro atoms. The summed E-state index contributed by atoms with van der Waals surface area (Å²) in [5, 5.41) is 3.19. The first-order chi connectivity index (χ1) is 9.25. The minimum absolute atomic E-state index is 0.217. The molecule has 1 N–H and O–H groups in total. The fourth-order valence-corrected chi connectivity index (χ4v) is 2.72. The lowest BCUT2D eigenvalue weighted by Gasteiger charge is -2.32. The number of amides is 1. The molecule has 0 aromatic heterocycles. The summed E-state index contributed by atoms with van der Waals surface area (Å²) in [6, 6.07) is 0. The molecule has 5 heteroatoms. The van der Waals surface area contributed by atoms with Gasteiger partial charge in [-0.05, 0) is 19.9 Å². The van der Waals surface area contributed by atoms with Crippen LogP contribution in [0.2, 0.25) is 0 Å². The first-order valence-electron chi connectivity index (χ1n) is 7.54. The molecule has 0 bridgehead atoms. The van der Waals surface area contributed by atoms with E-state index < -0.39 is 0 Å². The summed E-state index contributed by atoms with van der Waals surface area (Å²) < 4.78 is 5.75. The zero-order valence-corrected chi connectivity index (χ0v) is 12.1. The molecule has 0 atom stereocenters. The molecule has 1 heterocycles. The molecule has 110 valence electrons. The van der Waals surface area contributed by atoms with Gasteiger partial charge in [-0.25, -0.2) is 0 Å². The lowest BCUT2D eigenvalue weighted by molar-refractivity contribution is -0.131. The molecule has 2 fully saturated rings. The van der Waals surface area contributed by atoms with E-state index in [0.29, 0.717) is 12.6 Å².